The molecule has 7 heteroatoms. The van der Waals surface area contributed by atoms with Crippen molar-refractivity contribution in [3.63, 3.8) is 0 Å². The maximum absolute atomic E-state index is 11.5. The van der Waals surface area contributed by atoms with Crippen LogP contribution in [-0.2, 0) is 0 Å². The van der Waals surface area contributed by atoms with Crippen LogP contribution in [0.5, 0.6) is 0 Å². The summed E-state index contributed by atoms with van der Waals surface area (Å²) in [6, 6.07) is 5.95. The monoisotopic (exact) mass is 315 g/mol. The number of nitro groups is 1. The summed E-state index contributed by atoms with van der Waals surface area (Å²) in [5.41, 5.74) is 2.76. The second kappa shape index (κ2) is 7.04. The Morgan fingerprint density at radius 1 is 1.17 bits per heavy atom. The Bertz CT molecular complexity index is 697. The molecule has 1 atom stereocenters. The molecule has 0 saturated carbocycles. The zero-order chi connectivity index (χ0) is 17.0. The molecule has 0 spiro atoms. The molecule has 0 saturated heterocycles. The molecule has 2 rings (SSSR count). The van der Waals surface area contributed by atoms with Crippen LogP contribution in [0.25, 0.3) is 0 Å². The average molecular weight is 315 g/mol. The van der Waals surface area contributed by atoms with Crippen molar-refractivity contribution < 1.29 is 4.92 Å². The van der Waals surface area contributed by atoms with E-state index in [0.29, 0.717) is 0 Å². The summed E-state index contributed by atoms with van der Waals surface area (Å²) in [6.45, 7) is 7.90. The van der Waals surface area contributed by atoms with Gasteiger partial charge in [-0.1, -0.05) is 13.0 Å². The highest BCUT2D eigenvalue weighted by Crippen LogP contribution is 2.32. The third-order valence-electron chi connectivity index (χ3n) is 3.48. The number of benzene rings is 1. The van der Waals surface area contributed by atoms with Gasteiger partial charge in [0.15, 0.2) is 0 Å². The molecule has 0 fully saturated rings. The zero-order valence-electron chi connectivity index (χ0n) is 13.8. The average Bonchev–Trinajstić information content (AvgIpc) is 2.45. The Balaban J connectivity index is 2.41. The van der Waals surface area contributed by atoms with Gasteiger partial charge in [-0.05, 0) is 50.5 Å². The van der Waals surface area contributed by atoms with E-state index in [9.17, 15) is 10.1 Å². The molecular formula is C16H21N5O2. The van der Waals surface area contributed by atoms with E-state index in [2.05, 4.69) is 20.6 Å². The van der Waals surface area contributed by atoms with E-state index in [1.54, 1.807) is 0 Å². The highest BCUT2D eigenvalue weighted by Gasteiger charge is 2.23. The molecule has 1 heterocycles. The van der Waals surface area contributed by atoms with Gasteiger partial charge in [0.05, 0.1) is 4.92 Å². The fraction of sp³-hybridized carbons (Fsp3) is 0.375. The van der Waals surface area contributed by atoms with E-state index in [0.717, 1.165) is 23.2 Å². The first-order valence-electron chi connectivity index (χ1n) is 7.52. The van der Waals surface area contributed by atoms with Gasteiger partial charge in [0.25, 0.3) is 0 Å². The summed E-state index contributed by atoms with van der Waals surface area (Å²) in [5.74, 6) is 0.409. The van der Waals surface area contributed by atoms with Crippen molar-refractivity contribution in [2.24, 2.45) is 0 Å². The van der Waals surface area contributed by atoms with E-state index >= 15 is 0 Å². The lowest BCUT2D eigenvalue weighted by molar-refractivity contribution is -0.383. The Kier molecular flexibility index (Phi) is 5.10. The molecule has 0 aliphatic rings. The predicted octanol–water partition coefficient (Wildman–Crippen LogP) is 3.96. The van der Waals surface area contributed by atoms with Crippen LogP contribution in [0.1, 0.15) is 31.4 Å². The number of hydrogen-bond donors (Lipinski definition) is 2. The topological polar surface area (TPSA) is 93.0 Å². The molecule has 23 heavy (non-hydrogen) atoms. The van der Waals surface area contributed by atoms with Gasteiger partial charge < -0.3 is 10.6 Å². The number of hydrogen-bond acceptors (Lipinski definition) is 6. The SMILES string of the molecule is CCC(C)Nc1ncnc(Nc2cc(C)cc(C)c2)c1[N+](=O)[O-]. The van der Waals surface area contributed by atoms with Gasteiger partial charge in [-0.2, -0.15) is 0 Å². The third-order valence-corrected chi connectivity index (χ3v) is 3.48. The highest BCUT2D eigenvalue weighted by molar-refractivity contribution is 5.74. The first kappa shape index (κ1) is 16.7. The maximum atomic E-state index is 11.5. The van der Waals surface area contributed by atoms with Crippen LogP contribution in [0, 0.1) is 24.0 Å². The Labute approximate surface area is 135 Å². The van der Waals surface area contributed by atoms with Crippen molar-refractivity contribution in [3.05, 3.63) is 45.8 Å². The summed E-state index contributed by atoms with van der Waals surface area (Å²) in [4.78, 5) is 19.1. The summed E-state index contributed by atoms with van der Waals surface area (Å²) in [6.07, 6.45) is 2.16. The minimum atomic E-state index is -0.463. The van der Waals surface area contributed by atoms with E-state index in [-0.39, 0.29) is 23.4 Å². The number of rotatable bonds is 6. The van der Waals surface area contributed by atoms with Crippen LogP contribution < -0.4 is 10.6 Å². The van der Waals surface area contributed by atoms with Crippen molar-refractivity contribution in [1.29, 1.82) is 0 Å². The van der Waals surface area contributed by atoms with Crippen LogP contribution >= 0.6 is 0 Å². The van der Waals surface area contributed by atoms with Gasteiger partial charge in [0, 0.05) is 11.7 Å². The Hall–Kier alpha value is -2.70. The van der Waals surface area contributed by atoms with Crippen molar-refractivity contribution >= 4 is 23.0 Å². The summed E-state index contributed by atoms with van der Waals surface area (Å²) in [5, 5.41) is 17.6. The van der Waals surface area contributed by atoms with Crippen molar-refractivity contribution in [1.82, 2.24) is 9.97 Å². The second-order valence-electron chi connectivity index (χ2n) is 5.63. The lowest BCUT2D eigenvalue weighted by atomic mass is 10.1. The van der Waals surface area contributed by atoms with Gasteiger partial charge in [-0.25, -0.2) is 9.97 Å². The van der Waals surface area contributed by atoms with Gasteiger partial charge in [0.1, 0.15) is 6.33 Å². The molecule has 0 aliphatic carbocycles. The molecule has 122 valence electrons. The maximum Gasteiger partial charge on any atom is 0.353 e. The molecule has 1 aromatic carbocycles. The number of nitrogens with one attached hydrogen (secondary N) is 2. The summed E-state index contributed by atoms with van der Waals surface area (Å²) >= 11 is 0. The van der Waals surface area contributed by atoms with Crippen molar-refractivity contribution in [2.45, 2.75) is 40.2 Å². The molecule has 0 radical (unpaired) electrons. The number of aryl methyl sites for hydroxylation is 2. The van der Waals surface area contributed by atoms with Crippen LogP contribution in [0.2, 0.25) is 0 Å². The number of anilines is 3. The van der Waals surface area contributed by atoms with Crippen LogP contribution in [0.4, 0.5) is 23.0 Å². The van der Waals surface area contributed by atoms with Crippen LogP contribution in [0.3, 0.4) is 0 Å². The fourth-order valence-corrected chi connectivity index (χ4v) is 2.27. The first-order chi connectivity index (χ1) is 10.9. The van der Waals surface area contributed by atoms with E-state index in [1.165, 1.54) is 6.33 Å². The van der Waals surface area contributed by atoms with Crippen molar-refractivity contribution in [2.75, 3.05) is 10.6 Å². The molecule has 2 N–H and O–H groups in total. The third kappa shape index (κ3) is 4.15. The van der Waals surface area contributed by atoms with Gasteiger partial charge in [-0.15, -0.1) is 0 Å². The van der Waals surface area contributed by atoms with E-state index < -0.39 is 4.92 Å². The lowest BCUT2D eigenvalue weighted by Crippen LogP contribution is -2.16. The first-order valence-corrected chi connectivity index (χ1v) is 7.52. The molecular weight excluding hydrogens is 294 g/mol. The molecule has 0 bridgehead atoms. The minimum absolute atomic E-state index is 0.0812. The summed E-state index contributed by atoms with van der Waals surface area (Å²) < 4.78 is 0. The molecule has 0 amide bonds. The minimum Gasteiger partial charge on any atom is -0.362 e. The molecule has 1 unspecified atom stereocenters. The number of nitrogens with zero attached hydrogens (tertiary/aromatic N) is 3. The zero-order valence-corrected chi connectivity index (χ0v) is 13.8. The second-order valence-corrected chi connectivity index (χ2v) is 5.63. The van der Waals surface area contributed by atoms with Gasteiger partial charge >= 0.3 is 5.69 Å². The fourth-order valence-electron chi connectivity index (χ4n) is 2.27. The quantitative estimate of drug-likeness (QED) is 0.619. The molecule has 0 aliphatic heterocycles. The van der Waals surface area contributed by atoms with Crippen LogP contribution in [-0.4, -0.2) is 20.9 Å². The van der Waals surface area contributed by atoms with Crippen LogP contribution in [0.15, 0.2) is 24.5 Å². The smallest absolute Gasteiger partial charge is 0.353 e. The molecule has 7 nitrogen and oxygen atoms in total. The lowest BCUT2D eigenvalue weighted by Gasteiger charge is -2.14. The summed E-state index contributed by atoms with van der Waals surface area (Å²) in [7, 11) is 0. The van der Waals surface area contributed by atoms with E-state index in [4.69, 9.17) is 0 Å². The van der Waals surface area contributed by atoms with Gasteiger partial charge in [-0.3, -0.25) is 10.1 Å². The van der Waals surface area contributed by atoms with E-state index in [1.807, 2.05) is 45.9 Å². The highest BCUT2D eigenvalue weighted by atomic mass is 16.6. The van der Waals surface area contributed by atoms with Gasteiger partial charge in [0.2, 0.25) is 11.6 Å². The largest absolute Gasteiger partial charge is 0.362 e. The Morgan fingerprint density at radius 3 is 2.35 bits per heavy atom. The normalized spacial score (nSPS) is 11.8. The molecule has 2 aromatic rings. The standard InChI is InChI=1S/C16H21N5O2/c1-5-12(4)19-15-14(21(22)23)16(18-9-17-15)20-13-7-10(2)6-11(3)8-13/h6-9,12H,5H2,1-4H3,(H2,17,18,19,20). The predicted molar refractivity (Wildman–Crippen MR) is 91.3 cm³/mol. The molecule has 1 aromatic heterocycles. The Morgan fingerprint density at radius 2 is 1.78 bits per heavy atom. The van der Waals surface area contributed by atoms with Crippen molar-refractivity contribution in [3.8, 4) is 0 Å². The number of aromatic nitrogens is 2.